The van der Waals surface area contributed by atoms with Crippen molar-refractivity contribution in [2.45, 2.75) is 18.9 Å². The van der Waals surface area contributed by atoms with Crippen LogP contribution < -0.4 is 4.74 Å². The Morgan fingerprint density at radius 3 is 2.21 bits per heavy atom. The van der Waals surface area contributed by atoms with Gasteiger partial charge in [0.15, 0.2) is 0 Å². The highest BCUT2D eigenvalue weighted by Gasteiger charge is 2.23. The van der Waals surface area contributed by atoms with Crippen LogP contribution in [0.25, 0.3) is 11.1 Å². The second-order valence-corrected chi connectivity index (χ2v) is 4.39. The highest BCUT2D eigenvalue weighted by atomic mass is 35.5. The van der Waals surface area contributed by atoms with E-state index in [9.17, 15) is 8.78 Å². The van der Waals surface area contributed by atoms with Crippen LogP contribution in [0.4, 0.5) is 8.78 Å². The van der Waals surface area contributed by atoms with Crippen LogP contribution >= 0.6 is 11.6 Å². The van der Waals surface area contributed by atoms with Crippen LogP contribution in [0.2, 0.25) is 0 Å². The lowest BCUT2D eigenvalue weighted by molar-refractivity contribution is -0.161. The molecule has 0 saturated heterocycles. The Morgan fingerprint density at radius 1 is 1.11 bits per heavy atom. The molecule has 1 aromatic heterocycles. The lowest BCUT2D eigenvalue weighted by atomic mass is 10.1. The number of benzene rings is 1. The number of hydrogen-bond donors (Lipinski definition) is 0. The molecule has 1 aromatic carbocycles. The van der Waals surface area contributed by atoms with Gasteiger partial charge in [-0.25, -0.2) is 4.98 Å². The number of nitrogens with zero attached hydrogens (tertiary/aromatic N) is 1. The van der Waals surface area contributed by atoms with Gasteiger partial charge in [0.25, 0.3) is 0 Å². The molecular weight excluding hydrogens is 272 g/mol. The second kappa shape index (κ2) is 5.53. The molecule has 0 spiro atoms. The normalized spacial score (nSPS) is 11.4. The Bertz CT molecular complexity index is 535. The third-order valence-corrected chi connectivity index (χ3v) is 2.77. The monoisotopic (exact) mass is 283 g/mol. The minimum Gasteiger partial charge on any atom is -0.415 e. The smallest absolute Gasteiger partial charge is 0.396 e. The van der Waals surface area contributed by atoms with Crippen molar-refractivity contribution in [2.24, 2.45) is 0 Å². The first kappa shape index (κ1) is 13.7. The summed E-state index contributed by atoms with van der Waals surface area (Å²) < 4.78 is 29.6. The van der Waals surface area contributed by atoms with Gasteiger partial charge < -0.3 is 4.74 Å². The molecule has 19 heavy (non-hydrogen) atoms. The van der Waals surface area contributed by atoms with Crippen molar-refractivity contribution in [3.8, 4) is 17.0 Å². The number of halogens is 3. The van der Waals surface area contributed by atoms with Gasteiger partial charge in [0.2, 0.25) is 5.88 Å². The summed E-state index contributed by atoms with van der Waals surface area (Å²) in [4.78, 5) is 3.85. The fourth-order valence-corrected chi connectivity index (χ4v) is 1.76. The fraction of sp³-hybridized carbons (Fsp3) is 0.214. The molecular formula is C14H12ClF2NO. The zero-order chi connectivity index (χ0) is 13.9. The van der Waals surface area contributed by atoms with Gasteiger partial charge in [-0.2, -0.15) is 8.78 Å². The van der Waals surface area contributed by atoms with E-state index < -0.39 is 6.11 Å². The molecule has 0 bridgehead atoms. The summed E-state index contributed by atoms with van der Waals surface area (Å²) in [5.41, 5.74) is 2.79. The van der Waals surface area contributed by atoms with Gasteiger partial charge in [-0.1, -0.05) is 24.3 Å². The van der Waals surface area contributed by atoms with Crippen molar-refractivity contribution in [1.82, 2.24) is 4.98 Å². The van der Waals surface area contributed by atoms with E-state index in [2.05, 4.69) is 9.72 Å². The van der Waals surface area contributed by atoms with Crippen molar-refractivity contribution < 1.29 is 13.5 Å². The first-order valence-corrected chi connectivity index (χ1v) is 6.19. The molecule has 0 aliphatic heterocycles. The molecule has 0 fully saturated rings. The predicted molar refractivity (Wildman–Crippen MR) is 70.5 cm³/mol. The number of alkyl halides is 3. The molecule has 100 valence electrons. The number of rotatable bonds is 4. The molecule has 0 aliphatic carbocycles. The summed E-state index contributed by atoms with van der Waals surface area (Å²) in [6.45, 7) is 0.674. The average molecular weight is 284 g/mol. The van der Waals surface area contributed by atoms with Gasteiger partial charge in [0, 0.05) is 30.6 Å². The van der Waals surface area contributed by atoms with Gasteiger partial charge in [-0.05, 0) is 17.2 Å². The van der Waals surface area contributed by atoms with Crippen LogP contribution in [0.5, 0.6) is 5.88 Å². The van der Waals surface area contributed by atoms with Crippen LogP contribution in [-0.4, -0.2) is 11.1 Å². The summed E-state index contributed by atoms with van der Waals surface area (Å²) >= 11 is 5.71. The average Bonchev–Trinajstić information content (AvgIpc) is 2.38. The van der Waals surface area contributed by atoms with Crippen molar-refractivity contribution in [3.63, 3.8) is 0 Å². The molecule has 2 aromatic rings. The van der Waals surface area contributed by atoms with E-state index in [0.29, 0.717) is 12.8 Å². The van der Waals surface area contributed by atoms with Crippen LogP contribution in [-0.2, 0) is 5.88 Å². The van der Waals surface area contributed by atoms with E-state index in [0.717, 1.165) is 16.7 Å². The van der Waals surface area contributed by atoms with Crippen LogP contribution in [0.15, 0.2) is 42.6 Å². The van der Waals surface area contributed by atoms with Gasteiger partial charge in [0.1, 0.15) is 0 Å². The summed E-state index contributed by atoms with van der Waals surface area (Å²) in [6, 6.07) is 10.7. The van der Waals surface area contributed by atoms with Gasteiger partial charge in [0.05, 0.1) is 0 Å². The predicted octanol–water partition coefficient (Wildman–Crippen LogP) is 4.48. The molecule has 0 aliphatic rings. The molecule has 0 radical (unpaired) electrons. The molecule has 0 amide bonds. The van der Waals surface area contributed by atoms with Crippen molar-refractivity contribution >= 4 is 11.6 Å². The Hall–Kier alpha value is -1.68. The highest BCUT2D eigenvalue weighted by Crippen LogP contribution is 2.23. The third-order valence-electron chi connectivity index (χ3n) is 2.46. The highest BCUT2D eigenvalue weighted by molar-refractivity contribution is 6.17. The Labute approximate surface area is 115 Å². The summed E-state index contributed by atoms with van der Waals surface area (Å²) in [6.07, 6.45) is -1.73. The fourth-order valence-electron chi connectivity index (χ4n) is 1.58. The zero-order valence-electron chi connectivity index (χ0n) is 10.2. The Morgan fingerprint density at radius 2 is 1.74 bits per heavy atom. The first-order chi connectivity index (χ1) is 8.98. The van der Waals surface area contributed by atoms with E-state index >= 15 is 0 Å². The number of aromatic nitrogens is 1. The van der Waals surface area contributed by atoms with Gasteiger partial charge in [-0.3, -0.25) is 0 Å². The van der Waals surface area contributed by atoms with E-state index in [-0.39, 0.29) is 5.88 Å². The first-order valence-electron chi connectivity index (χ1n) is 5.66. The summed E-state index contributed by atoms with van der Waals surface area (Å²) in [5.74, 6) is 0.352. The summed E-state index contributed by atoms with van der Waals surface area (Å²) in [7, 11) is 0. The van der Waals surface area contributed by atoms with E-state index in [1.165, 1.54) is 12.3 Å². The molecule has 0 saturated carbocycles. The number of ether oxygens (including phenoxy) is 1. The van der Waals surface area contributed by atoms with Crippen molar-refractivity contribution in [2.75, 3.05) is 0 Å². The molecule has 5 heteroatoms. The third kappa shape index (κ3) is 3.89. The maximum atomic E-state index is 12.6. The van der Waals surface area contributed by atoms with Crippen LogP contribution in [0.1, 0.15) is 12.5 Å². The minimum atomic E-state index is -3.23. The van der Waals surface area contributed by atoms with Crippen molar-refractivity contribution in [1.29, 1.82) is 0 Å². The molecule has 0 N–H and O–H groups in total. The number of pyridine rings is 1. The van der Waals surface area contributed by atoms with E-state index in [1.54, 1.807) is 6.07 Å². The van der Waals surface area contributed by atoms with E-state index in [4.69, 9.17) is 11.6 Å². The van der Waals surface area contributed by atoms with Crippen LogP contribution in [0, 0.1) is 0 Å². The topological polar surface area (TPSA) is 22.1 Å². The molecule has 0 atom stereocenters. The molecule has 1 heterocycles. The van der Waals surface area contributed by atoms with Gasteiger partial charge >= 0.3 is 6.11 Å². The quantitative estimate of drug-likeness (QED) is 0.772. The molecule has 2 nitrogen and oxygen atoms in total. The maximum absolute atomic E-state index is 12.6. The Balaban J connectivity index is 2.17. The zero-order valence-corrected chi connectivity index (χ0v) is 11.0. The molecule has 2 rings (SSSR count). The Kier molecular flexibility index (Phi) is 4.00. The lowest BCUT2D eigenvalue weighted by Gasteiger charge is -2.12. The van der Waals surface area contributed by atoms with Gasteiger partial charge in [-0.15, -0.1) is 11.6 Å². The summed E-state index contributed by atoms with van der Waals surface area (Å²) in [5, 5.41) is 0. The standard InChI is InChI=1S/C14H12ClF2NO/c1-14(16,17)19-13-7-6-12(9-18-13)11-4-2-10(8-15)3-5-11/h2-7,9H,8H2,1H3. The minimum absolute atomic E-state index is 0.103. The van der Waals surface area contributed by atoms with Crippen molar-refractivity contribution in [3.05, 3.63) is 48.2 Å². The second-order valence-electron chi connectivity index (χ2n) is 4.13. The lowest BCUT2D eigenvalue weighted by Crippen LogP contribution is -2.19. The molecule has 0 unspecified atom stereocenters. The maximum Gasteiger partial charge on any atom is 0.396 e. The van der Waals surface area contributed by atoms with E-state index in [1.807, 2.05) is 24.3 Å². The van der Waals surface area contributed by atoms with Crippen LogP contribution in [0.3, 0.4) is 0 Å². The number of hydrogen-bond acceptors (Lipinski definition) is 2. The largest absolute Gasteiger partial charge is 0.415 e. The SMILES string of the molecule is CC(F)(F)Oc1ccc(-c2ccc(CCl)cc2)cn1.